The van der Waals surface area contributed by atoms with E-state index < -0.39 is 0 Å². The number of carbonyl (C=O) groups is 3. The van der Waals surface area contributed by atoms with Crippen LogP contribution < -0.4 is 14.8 Å². The van der Waals surface area contributed by atoms with Crippen molar-refractivity contribution in [1.82, 2.24) is 4.90 Å². The first-order valence-corrected chi connectivity index (χ1v) is 14.0. The van der Waals surface area contributed by atoms with Crippen LogP contribution in [0.4, 0.5) is 10.5 Å². The van der Waals surface area contributed by atoms with Crippen molar-refractivity contribution >= 4 is 56.5 Å². The molecule has 0 aromatic heterocycles. The second kappa shape index (κ2) is 12.5. The van der Waals surface area contributed by atoms with E-state index in [0.717, 1.165) is 49.8 Å². The van der Waals surface area contributed by atoms with Gasteiger partial charge in [0.2, 0.25) is 0 Å². The van der Waals surface area contributed by atoms with Crippen LogP contribution in [0.2, 0.25) is 0 Å². The van der Waals surface area contributed by atoms with Crippen LogP contribution in [0.15, 0.2) is 64.0 Å². The molecule has 0 unspecified atom stereocenters. The van der Waals surface area contributed by atoms with E-state index in [2.05, 4.69) is 21.2 Å². The molecule has 0 saturated carbocycles. The molecule has 3 aromatic carbocycles. The Labute approximate surface area is 240 Å². The van der Waals surface area contributed by atoms with Crippen LogP contribution in [-0.2, 0) is 9.59 Å². The van der Waals surface area contributed by atoms with E-state index in [1.165, 1.54) is 4.90 Å². The van der Waals surface area contributed by atoms with Crippen molar-refractivity contribution in [2.24, 2.45) is 0 Å². The maximum atomic E-state index is 12.8. The fourth-order valence-corrected chi connectivity index (χ4v) is 5.25. The van der Waals surface area contributed by atoms with Crippen molar-refractivity contribution in [3.8, 4) is 11.5 Å². The largest absolute Gasteiger partial charge is 0.491 e. The zero-order chi connectivity index (χ0) is 28.1. The standard InChI is InChI=1S/C30H29BrN2O5S/c1-18-5-6-19(2)26(13-18)37-12-11-33-29(35)27(39-30(33)36)16-22-7-9-23(10-8-22)38-17-28(34)32-25-15-21(4)20(3)14-24(25)31/h5-10,13-16H,11-12,17H2,1-4H3,(H,32,34)/b27-16-. The van der Waals surface area contributed by atoms with Gasteiger partial charge in [0.25, 0.3) is 17.1 Å². The van der Waals surface area contributed by atoms with Gasteiger partial charge in [0.05, 0.1) is 17.1 Å². The molecule has 3 aromatic rings. The Bertz CT molecular complexity index is 1450. The summed E-state index contributed by atoms with van der Waals surface area (Å²) in [5, 5.41) is 2.52. The third-order valence-corrected chi connectivity index (χ3v) is 7.76. The van der Waals surface area contributed by atoms with Crippen molar-refractivity contribution < 1.29 is 23.9 Å². The summed E-state index contributed by atoms with van der Waals surface area (Å²) in [7, 11) is 0. The van der Waals surface area contributed by atoms with Gasteiger partial charge in [0.15, 0.2) is 6.61 Å². The fourth-order valence-electron chi connectivity index (χ4n) is 3.83. The summed E-state index contributed by atoms with van der Waals surface area (Å²) in [6.07, 6.45) is 1.67. The number of halogens is 1. The van der Waals surface area contributed by atoms with Crippen molar-refractivity contribution in [2.75, 3.05) is 25.1 Å². The van der Waals surface area contributed by atoms with E-state index in [0.29, 0.717) is 16.3 Å². The minimum absolute atomic E-state index is 0.151. The van der Waals surface area contributed by atoms with E-state index in [4.69, 9.17) is 9.47 Å². The van der Waals surface area contributed by atoms with Gasteiger partial charge in [-0.1, -0.05) is 24.3 Å². The minimum atomic E-state index is -0.343. The topological polar surface area (TPSA) is 84.9 Å². The number of hydrogen-bond acceptors (Lipinski definition) is 6. The molecule has 4 rings (SSSR count). The summed E-state index contributed by atoms with van der Waals surface area (Å²) in [5.74, 6) is 0.635. The summed E-state index contributed by atoms with van der Waals surface area (Å²) >= 11 is 4.38. The number of rotatable bonds is 9. The van der Waals surface area contributed by atoms with E-state index in [1.54, 1.807) is 30.3 Å². The average molecular weight is 610 g/mol. The molecule has 7 nitrogen and oxygen atoms in total. The lowest BCUT2D eigenvalue weighted by molar-refractivity contribution is -0.123. The smallest absolute Gasteiger partial charge is 0.293 e. The Morgan fingerprint density at radius 1 is 0.949 bits per heavy atom. The van der Waals surface area contributed by atoms with Crippen LogP contribution in [0, 0.1) is 27.7 Å². The molecule has 0 radical (unpaired) electrons. The van der Waals surface area contributed by atoms with E-state index in [9.17, 15) is 14.4 Å². The second-order valence-electron chi connectivity index (χ2n) is 9.27. The zero-order valence-electron chi connectivity index (χ0n) is 22.2. The van der Waals surface area contributed by atoms with Gasteiger partial charge in [0.1, 0.15) is 18.1 Å². The Kier molecular flexibility index (Phi) is 9.14. The van der Waals surface area contributed by atoms with Crippen LogP contribution in [0.5, 0.6) is 11.5 Å². The van der Waals surface area contributed by atoms with Crippen LogP contribution in [-0.4, -0.2) is 41.7 Å². The molecule has 1 fully saturated rings. The van der Waals surface area contributed by atoms with Gasteiger partial charge < -0.3 is 14.8 Å². The molecular weight excluding hydrogens is 580 g/mol. The van der Waals surface area contributed by atoms with E-state index in [1.807, 2.05) is 58.0 Å². The third kappa shape index (κ3) is 7.30. The number of benzene rings is 3. The monoisotopic (exact) mass is 608 g/mol. The van der Waals surface area contributed by atoms with Crippen LogP contribution in [0.1, 0.15) is 27.8 Å². The summed E-state index contributed by atoms with van der Waals surface area (Å²) < 4.78 is 12.2. The molecule has 0 bridgehead atoms. The lowest BCUT2D eigenvalue weighted by atomic mass is 10.1. The Balaban J connectivity index is 1.29. The number of anilines is 1. The average Bonchev–Trinajstić information content (AvgIpc) is 3.16. The maximum absolute atomic E-state index is 12.8. The predicted octanol–water partition coefficient (Wildman–Crippen LogP) is 6.82. The zero-order valence-corrected chi connectivity index (χ0v) is 24.6. The molecule has 0 aliphatic carbocycles. The normalized spacial score (nSPS) is 14.2. The number of ether oxygens (including phenoxy) is 2. The van der Waals surface area contributed by atoms with Crippen LogP contribution in [0.25, 0.3) is 6.08 Å². The molecule has 1 heterocycles. The highest BCUT2D eigenvalue weighted by atomic mass is 79.9. The van der Waals surface area contributed by atoms with Gasteiger partial charge in [0, 0.05) is 4.47 Å². The van der Waals surface area contributed by atoms with Gasteiger partial charge in [-0.15, -0.1) is 0 Å². The first-order valence-electron chi connectivity index (χ1n) is 12.4. The van der Waals surface area contributed by atoms with E-state index in [-0.39, 0.29) is 36.8 Å². The number of nitrogens with zero attached hydrogens (tertiary/aromatic N) is 1. The molecule has 39 heavy (non-hydrogen) atoms. The Morgan fingerprint density at radius 2 is 1.67 bits per heavy atom. The van der Waals surface area contributed by atoms with Gasteiger partial charge in [-0.05, 0) is 120 Å². The minimum Gasteiger partial charge on any atom is -0.491 e. The molecule has 0 atom stereocenters. The summed E-state index contributed by atoms with van der Waals surface area (Å²) in [4.78, 5) is 39.2. The predicted molar refractivity (Wildman–Crippen MR) is 158 cm³/mol. The first-order chi connectivity index (χ1) is 18.6. The first kappa shape index (κ1) is 28.4. The van der Waals surface area contributed by atoms with Crippen LogP contribution >= 0.6 is 27.7 Å². The van der Waals surface area contributed by atoms with Gasteiger partial charge >= 0.3 is 0 Å². The Hall–Kier alpha value is -3.56. The van der Waals surface area contributed by atoms with Gasteiger partial charge in [-0.3, -0.25) is 19.3 Å². The maximum Gasteiger partial charge on any atom is 0.293 e. The SMILES string of the molecule is Cc1ccc(C)c(OCCN2C(=O)S/C(=C\c3ccc(OCC(=O)Nc4cc(C)c(C)cc4Br)cc3)C2=O)c1. The quantitative estimate of drug-likeness (QED) is 0.268. The fraction of sp³-hybridized carbons (Fsp3) is 0.233. The highest BCUT2D eigenvalue weighted by Gasteiger charge is 2.34. The third-order valence-electron chi connectivity index (χ3n) is 6.19. The summed E-state index contributed by atoms with van der Waals surface area (Å²) in [6.45, 7) is 8.16. The van der Waals surface area contributed by atoms with Crippen molar-refractivity contribution in [3.63, 3.8) is 0 Å². The molecule has 1 saturated heterocycles. The second-order valence-corrected chi connectivity index (χ2v) is 11.1. The lowest BCUT2D eigenvalue weighted by Crippen LogP contribution is -2.32. The van der Waals surface area contributed by atoms with Crippen molar-refractivity contribution in [2.45, 2.75) is 27.7 Å². The molecule has 1 N–H and O–H groups in total. The summed E-state index contributed by atoms with van der Waals surface area (Å²) in [6, 6.07) is 16.8. The van der Waals surface area contributed by atoms with E-state index >= 15 is 0 Å². The Morgan fingerprint density at radius 3 is 2.41 bits per heavy atom. The van der Waals surface area contributed by atoms with Crippen molar-refractivity contribution in [3.05, 3.63) is 91.8 Å². The molecule has 9 heteroatoms. The molecule has 3 amide bonds. The number of aryl methyl sites for hydroxylation is 4. The van der Waals surface area contributed by atoms with Crippen molar-refractivity contribution in [1.29, 1.82) is 0 Å². The van der Waals surface area contributed by atoms with Crippen LogP contribution in [0.3, 0.4) is 0 Å². The number of thioether (sulfide) groups is 1. The molecule has 1 aliphatic rings. The number of nitrogens with one attached hydrogen (secondary N) is 1. The number of amides is 3. The summed E-state index contributed by atoms with van der Waals surface area (Å²) in [5.41, 5.74) is 5.71. The van der Waals surface area contributed by atoms with Gasteiger partial charge in [-0.25, -0.2) is 0 Å². The molecule has 1 aliphatic heterocycles. The number of hydrogen-bond donors (Lipinski definition) is 1. The lowest BCUT2D eigenvalue weighted by Gasteiger charge is -2.14. The number of carbonyl (C=O) groups excluding carboxylic acids is 3. The number of imide groups is 1. The molecule has 202 valence electrons. The van der Waals surface area contributed by atoms with Gasteiger partial charge in [-0.2, -0.15) is 0 Å². The highest BCUT2D eigenvalue weighted by Crippen LogP contribution is 2.32. The highest BCUT2D eigenvalue weighted by molar-refractivity contribution is 9.10. The molecule has 0 spiro atoms. The molecular formula is C30H29BrN2O5S.